The van der Waals surface area contributed by atoms with E-state index < -0.39 is 0 Å². The zero-order valence-corrected chi connectivity index (χ0v) is 10.0. The van der Waals surface area contributed by atoms with Crippen molar-refractivity contribution in [3.8, 4) is 11.4 Å². The maximum atomic E-state index is 5.96. The Balaban J connectivity index is 2.23. The smallest absolute Gasteiger partial charge is 0.159 e. The summed E-state index contributed by atoms with van der Waals surface area (Å²) in [5, 5.41) is 0. The van der Waals surface area contributed by atoms with Crippen LogP contribution in [-0.2, 0) is 6.42 Å². The van der Waals surface area contributed by atoms with E-state index in [1.165, 1.54) is 5.56 Å². The fourth-order valence-corrected chi connectivity index (χ4v) is 1.73. The largest absolute Gasteiger partial charge is 0.327 e. The molecule has 0 aliphatic rings. The summed E-state index contributed by atoms with van der Waals surface area (Å²) in [6.07, 6.45) is 5.41. The molecule has 0 amide bonds. The molecule has 3 heteroatoms. The average molecular weight is 227 g/mol. The van der Waals surface area contributed by atoms with Gasteiger partial charge in [-0.3, -0.25) is 0 Å². The Kier molecular flexibility index (Phi) is 3.83. The van der Waals surface area contributed by atoms with Crippen molar-refractivity contribution in [2.45, 2.75) is 25.8 Å². The summed E-state index contributed by atoms with van der Waals surface area (Å²) >= 11 is 0. The van der Waals surface area contributed by atoms with Crippen molar-refractivity contribution < 1.29 is 0 Å². The molecule has 2 rings (SSSR count). The molecule has 0 saturated carbocycles. The summed E-state index contributed by atoms with van der Waals surface area (Å²) in [7, 11) is 0. The van der Waals surface area contributed by atoms with Gasteiger partial charge in [0.05, 0.1) is 0 Å². The second-order valence-electron chi connectivity index (χ2n) is 4.15. The predicted octanol–water partition coefficient (Wildman–Crippen LogP) is 2.42. The van der Waals surface area contributed by atoms with Gasteiger partial charge in [-0.25, -0.2) is 9.97 Å². The van der Waals surface area contributed by atoms with Crippen molar-refractivity contribution in [2.75, 3.05) is 0 Å². The minimum atomic E-state index is 0.224. The molecular formula is C14H17N3. The van der Waals surface area contributed by atoms with Crippen LogP contribution in [0.15, 0.2) is 42.7 Å². The molecule has 2 aromatic rings. The van der Waals surface area contributed by atoms with Gasteiger partial charge in [0.1, 0.15) is 0 Å². The minimum absolute atomic E-state index is 0.224. The number of rotatable bonds is 4. The van der Waals surface area contributed by atoms with E-state index in [0.29, 0.717) is 0 Å². The highest BCUT2D eigenvalue weighted by Crippen LogP contribution is 2.16. The van der Waals surface area contributed by atoms with Gasteiger partial charge in [-0.05, 0) is 30.5 Å². The molecule has 1 heterocycles. The highest BCUT2D eigenvalue weighted by atomic mass is 14.8. The van der Waals surface area contributed by atoms with Gasteiger partial charge in [0.15, 0.2) is 5.82 Å². The lowest BCUT2D eigenvalue weighted by Gasteiger charge is -2.09. The van der Waals surface area contributed by atoms with Crippen LogP contribution in [0, 0.1) is 0 Å². The van der Waals surface area contributed by atoms with Gasteiger partial charge in [-0.2, -0.15) is 0 Å². The summed E-state index contributed by atoms with van der Waals surface area (Å²) in [5.41, 5.74) is 8.25. The molecule has 3 nitrogen and oxygen atoms in total. The maximum absolute atomic E-state index is 5.96. The zero-order chi connectivity index (χ0) is 12.1. The van der Waals surface area contributed by atoms with Gasteiger partial charge in [-0.1, -0.05) is 25.1 Å². The molecule has 0 fully saturated rings. The second kappa shape index (κ2) is 5.55. The lowest BCUT2D eigenvalue weighted by atomic mass is 10.0. The molecule has 1 atom stereocenters. The van der Waals surface area contributed by atoms with Crippen LogP contribution >= 0.6 is 0 Å². The van der Waals surface area contributed by atoms with E-state index in [0.717, 1.165) is 24.2 Å². The minimum Gasteiger partial charge on any atom is -0.327 e. The van der Waals surface area contributed by atoms with Gasteiger partial charge in [0.25, 0.3) is 0 Å². The van der Waals surface area contributed by atoms with Crippen LogP contribution in [0.2, 0.25) is 0 Å². The number of nitrogens with two attached hydrogens (primary N) is 1. The Morgan fingerprint density at radius 2 is 1.94 bits per heavy atom. The lowest BCUT2D eigenvalue weighted by molar-refractivity contribution is 0.646. The molecule has 0 saturated heterocycles. The highest BCUT2D eigenvalue weighted by Gasteiger charge is 2.04. The Bertz CT molecular complexity index is 468. The first-order chi connectivity index (χ1) is 8.29. The van der Waals surface area contributed by atoms with E-state index in [2.05, 4.69) is 29.0 Å². The lowest BCUT2D eigenvalue weighted by Crippen LogP contribution is -2.21. The van der Waals surface area contributed by atoms with E-state index in [-0.39, 0.29) is 6.04 Å². The van der Waals surface area contributed by atoms with Crippen molar-refractivity contribution in [3.05, 3.63) is 48.3 Å². The van der Waals surface area contributed by atoms with E-state index in [1.807, 2.05) is 18.2 Å². The zero-order valence-electron chi connectivity index (χ0n) is 10.0. The summed E-state index contributed by atoms with van der Waals surface area (Å²) in [4.78, 5) is 8.49. The van der Waals surface area contributed by atoms with Crippen molar-refractivity contribution in [1.29, 1.82) is 0 Å². The van der Waals surface area contributed by atoms with E-state index >= 15 is 0 Å². The molecule has 88 valence electrons. The molecule has 0 radical (unpaired) electrons. The molecule has 1 unspecified atom stereocenters. The molecule has 0 aliphatic heterocycles. The molecule has 2 N–H and O–H groups in total. The summed E-state index contributed by atoms with van der Waals surface area (Å²) in [5.74, 6) is 0.763. The third kappa shape index (κ3) is 3.11. The number of benzene rings is 1. The average Bonchev–Trinajstić information content (AvgIpc) is 2.40. The number of aromatic nitrogens is 2. The van der Waals surface area contributed by atoms with Crippen molar-refractivity contribution in [1.82, 2.24) is 9.97 Å². The number of hydrogen-bond acceptors (Lipinski definition) is 3. The quantitative estimate of drug-likeness (QED) is 0.872. The van der Waals surface area contributed by atoms with Crippen molar-refractivity contribution in [3.63, 3.8) is 0 Å². The summed E-state index contributed by atoms with van der Waals surface area (Å²) in [6.45, 7) is 2.11. The third-order valence-electron chi connectivity index (χ3n) is 2.77. The van der Waals surface area contributed by atoms with Gasteiger partial charge in [-0.15, -0.1) is 0 Å². The van der Waals surface area contributed by atoms with E-state index in [1.54, 1.807) is 12.4 Å². The van der Waals surface area contributed by atoms with Crippen LogP contribution in [-0.4, -0.2) is 16.0 Å². The first kappa shape index (κ1) is 11.7. The SMILES string of the molecule is CCC(N)Cc1cccc(-c2ncccn2)c1. The van der Waals surface area contributed by atoms with Crippen LogP contribution in [0.5, 0.6) is 0 Å². The van der Waals surface area contributed by atoms with Crippen molar-refractivity contribution in [2.24, 2.45) is 5.73 Å². The molecule has 0 aliphatic carbocycles. The van der Waals surface area contributed by atoms with E-state index in [9.17, 15) is 0 Å². The second-order valence-corrected chi connectivity index (χ2v) is 4.15. The van der Waals surface area contributed by atoms with Gasteiger partial charge in [0.2, 0.25) is 0 Å². The standard InChI is InChI=1S/C14H17N3/c1-2-13(15)10-11-5-3-6-12(9-11)14-16-7-4-8-17-14/h3-9,13H,2,10,15H2,1H3. The van der Waals surface area contributed by atoms with Gasteiger partial charge < -0.3 is 5.73 Å². The normalized spacial score (nSPS) is 12.4. The van der Waals surface area contributed by atoms with Gasteiger partial charge >= 0.3 is 0 Å². The van der Waals surface area contributed by atoms with Crippen LogP contribution < -0.4 is 5.73 Å². The fraction of sp³-hybridized carbons (Fsp3) is 0.286. The molecular weight excluding hydrogens is 210 g/mol. The Labute approximate surface area is 102 Å². The first-order valence-electron chi connectivity index (χ1n) is 5.91. The van der Waals surface area contributed by atoms with Crippen LogP contribution in [0.4, 0.5) is 0 Å². The monoisotopic (exact) mass is 227 g/mol. The van der Waals surface area contributed by atoms with Crippen LogP contribution in [0.1, 0.15) is 18.9 Å². The third-order valence-corrected chi connectivity index (χ3v) is 2.77. The Morgan fingerprint density at radius 1 is 1.18 bits per heavy atom. The van der Waals surface area contributed by atoms with Crippen LogP contribution in [0.25, 0.3) is 11.4 Å². The van der Waals surface area contributed by atoms with Gasteiger partial charge in [0, 0.05) is 24.0 Å². The topological polar surface area (TPSA) is 51.8 Å². The molecule has 1 aromatic carbocycles. The highest BCUT2D eigenvalue weighted by molar-refractivity contribution is 5.55. The Hall–Kier alpha value is -1.74. The van der Waals surface area contributed by atoms with Crippen molar-refractivity contribution >= 4 is 0 Å². The summed E-state index contributed by atoms with van der Waals surface area (Å²) in [6, 6.07) is 10.3. The van der Waals surface area contributed by atoms with Crippen LogP contribution in [0.3, 0.4) is 0 Å². The van der Waals surface area contributed by atoms with E-state index in [4.69, 9.17) is 5.73 Å². The number of nitrogens with zero attached hydrogens (tertiary/aromatic N) is 2. The maximum Gasteiger partial charge on any atom is 0.159 e. The first-order valence-corrected chi connectivity index (χ1v) is 5.91. The molecule has 0 bridgehead atoms. The fourth-order valence-electron chi connectivity index (χ4n) is 1.73. The number of hydrogen-bond donors (Lipinski definition) is 1. The Morgan fingerprint density at radius 3 is 2.65 bits per heavy atom. The summed E-state index contributed by atoms with van der Waals surface area (Å²) < 4.78 is 0. The predicted molar refractivity (Wildman–Crippen MR) is 69.4 cm³/mol. The molecule has 0 spiro atoms. The molecule has 1 aromatic heterocycles. The molecule has 17 heavy (non-hydrogen) atoms.